The number of halogens is 2. The van der Waals surface area contributed by atoms with Crippen LogP contribution in [0.5, 0.6) is 17.2 Å². The highest BCUT2D eigenvalue weighted by Crippen LogP contribution is 2.36. The Balaban J connectivity index is 0.00000300. The van der Waals surface area contributed by atoms with Crippen molar-refractivity contribution in [2.75, 3.05) is 47.1 Å². The van der Waals surface area contributed by atoms with E-state index < -0.39 is 6.10 Å². The molecule has 0 aliphatic carbocycles. The number of benzene rings is 2. The number of aliphatic hydroxyl groups excluding tert-OH is 1. The minimum Gasteiger partial charge on any atom is -0.493 e. The Hall–Kier alpha value is -1.51. The second-order valence-corrected chi connectivity index (χ2v) is 7.55. The van der Waals surface area contributed by atoms with Crippen molar-refractivity contribution < 1.29 is 24.1 Å². The summed E-state index contributed by atoms with van der Waals surface area (Å²) < 4.78 is 23.4. The lowest BCUT2D eigenvalue weighted by Crippen LogP contribution is -2.43. The molecule has 2 aromatic rings. The molecule has 0 aromatic heterocycles. The molecular weight excluding hydrogens is 462 g/mol. The van der Waals surface area contributed by atoms with Crippen molar-refractivity contribution in [1.82, 2.24) is 4.90 Å². The van der Waals surface area contributed by atoms with E-state index in [4.69, 9.17) is 18.9 Å². The van der Waals surface area contributed by atoms with Crippen molar-refractivity contribution in [2.45, 2.75) is 12.2 Å². The number of hydrogen-bond donors (Lipinski definition) is 1. The number of nitrogens with zero attached hydrogens (tertiary/aromatic N) is 1. The summed E-state index contributed by atoms with van der Waals surface area (Å²) in [4.78, 5) is 2.20. The van der Waals surface area contributed by atoms with Gasteiger partial charge in [0.25, 0.3) is 0 Å². The van der Waals surface area contributed by atoms with Gasteiger partial charge in [-0.15, -0.1) is 12.4 Å². The van der Waals surface area contributed by atoms with Crippen molar-refractivity contribution in [2.24, 2.45) is 0 Å². The zero-order valence-electron chi connectivity index (χ0n) is 16.5. The predicted octanol–water partition coefficient (Wildman–Crippen LogP) is 3.70. The van der Waals surface area contributed by atoms with E-state index in [1.54, 1.807) is 26.4 Å². The van der Waals surface area contributed by atoms with E-state index in [1.807, 2.05) is 18.2 Å². The maximum Gasteiger partial charge on any atom is 0.203 e. The van der Waals surface area contributed by atoms with Gasteiger partial charge in [0.15, 0.2) is 11.5 Å². The first-order valence-electron chi connectivity index (χ1n) is 9.22. The van der Waals surface area contributed by atoms with Crippen LogP contribution < -0.4 is 14.2 Å². The fourth-order valence-corrected chi connectivity index (χ4v) is 3.68. The maximum absolute atomic E-state index is 10.5. The van der Waals surface area contributed by atoms with Gasteiger partial charge in [-0.25, -0.2) is 0 Å². The highest BCUT2D eigenvalue weighted by Gasteiger charge is 2.24. The molecule has 3 rings (SSSR count). The van der Waals surface area contributed by atoms with Crippen molar-refractivity contribution in [3.8, 4) is 17.2 Å². The molecule has 160 valence electrons. The van der Waals surface area contributed by atoms with Gasteiger partial charge in [-0.05, 0) is 29.8 Å². The molecule has 2 aromatic carbocycles. The van der Waals surface area contributed by atoms with Gasteiger partial charge >= 0.3 is 0 Å². The molecule has 0 radical (unpaired) electrons. The molecule has 0 amide bonds. The molecule has 0 spiro atoms. The Labute approximate surface area is 186 Å². The van der Waals surface area contributed by atoms with Gasteiger partial charge in [0.1, 0.15) is 12.7 Å². The van der Waals surface area contributed by atoms with Crippen molar-refractivity contribution in [3.63, 3.8) is 0 Å². The molecule has 0 bridgehead atoms. The first kappa shape index (κ1) is 23.8. The molecule has 1 heterocycles. The lowest BCUT2D eigenvalue weighted by Gasteiger charge is -2.34. The minimum atomic E-state index is -0.643. The third-order valence-corrected chi connectivity index (χ3v) is 5.14. The van der Waals surface area contributed by atoms with Gasteiger partial charge in [0.05, 0.1) is 26.9 Å². The summed E-state index contributed by atoms with van der Waals surface area (Å²) >= 11 is 3.50. The number of para-hydroxylation sites is 1. The van der Waals surface area contributed by atoms with E-state index in [2.05, 4.69) is 33.0 Å². The van der Waals surface area contributed by atoms with Crippen LogP contribution in [0.4, 0.5) is 0 Å². The second-order valence-electron chi connectivity index (χ2n) is 6.63. The minimum absolute atomic E-state index is 0. The van der Waals surface area contributed by atoms with Crippen LogP contribution in [-0.4, -0.2) is 63.2 Å². The zero-order valence-corrected chi connectivity index (χ0v) is 18.9. The number of β-amino-alcohol motifs (C(OH)–C–C–N with tert-alkyl or cyclic N) is 1. The average Bonchev–Trinajstić information content (AvgIpc) is 2.72. The van der Waals surface area contributed by atoms with Crippen LogP contribution in [0.3, 0.4) is 0 Å². The second kappa shape index (κ2) is 11.6. The number of rotatable bonds is 8. The van der Waals surface area contributed by atoms with Gasteiger partial charge in [-0.1, -0.05) is 34.1 Å². The summed E-state index contributed by atoms with van der Waals surface area (Å²) in [5.74, 6) is 1.65. The van der Waals surface area contributed by atoms with E-state index >= 15 is 0 Å². The molecule has 0 saturated carbocycles. The largest absolute Gasteiger partial charge is 0.493 e. The summed E-state index contributed by atoms with van der Waals surface area (Å²) in [7, 11) is 3.15. The number of ether oxygens (including phenoxy) is 4. The van der Waals surface area contributed by atoms with Crippen LogP contribution in [0, 0.1) is 0 Å². The standard InChI is InChI=1S/C21H26BrNO5.ClH/c1-25-18-7-4-8-19(26-2)21(18)28-14-17(24)12-23-9-10-27-20(13-23)15-5-3-6-16(22)11-15;/h3-8,11,17,20,24H,9-10,12-14H2,1-2H3;1H. The first-order valence-corrected chi connectivity index (χ1v) is 10.0. The van der Waals surface area contributed by atoms with Crippen LogP contribution in [0.1, 0.15) is 11.7 Å². The molecule has 2 unspecified atom stereocenters. The quantitative estimate of drug-likeness (QED) is 0.611. The Morgan fingerprint density at radius 3 is 2.52 bits per heavy atom. The molecule has 1 aliphatic heterocycles. The average molecular weight is 489 g/mol. The summed E-state index contributed by atoms with van der Waals surface area (Å²) in [6, 6.07) is 13.6. The fraction of sp³-hybridized carbons (Fsp3) is 0.429. The fourth-order valence-electron chi connectivity index (χ4n) is 3.27. The van der Waals surface area contributed by atoms with E-state index in [0.717, 1.165) is 23.1 Å². The summed E-state index contributed by atoms with van der Waals surface area (Å²) in [5.41, 5.74) is 1.13. The van der Waals surface area contributed by atoms with Crippen molar-refractivity contribution >= 4 is 28.3 Å². The number of aliphatic hydroxyl groups is 1. The number of methoxy groups -OCH3 is 2. The van der Waals surface area contributed by atoms with Crippen LogP contribution in [-0.2, 0) is 4.74 Å². The van der Waals surface area contributed by atoms with Gasteiger partial charge in [-0.3, -0.25) is 4.90 Å². The SMILES string of the molecule is COc1cccc(OC)c1OCC(O)CN1CCOC(c2cccc(Br)c2)C1.Cl. The molecule has 29 heavy (non-hydrogen) atoms. The number of morpholine rings is 1. The normalized spacial score (nSPS) is 17.9. The molecule has 1 N–H and O–H groups in total. The summed E-state index contributed by atoms with van der Waals surface area (Å²) in [5, 5.41) is 10.5. The lowest BCUT2D eigenvalue weighted by molar-refractivity contribution is -0.0460. The highest BCUT2D eigenvalue weighted by atomic mass is 79.9. The Morgan fingerprint density at radius 2 is 1.86 bits per heavy atom. The summed E-state index contributed by atoms with van der Waals surface area (Å²) in [6.45, 7) is 2.79. The molecular formula is C21H27BrClNO5. The third kappa shape index (κ3) is 6.49. The third-order valence-electron chi connectivity index (χ3n) is 4.64. The van der Waals surface area contributed by atoms with Crippen LogP contribution in [0.25, 0.3) is 0 Å². The Kier molecular flexibility index (Phi) is 9.52. The van der Waals surface area contributed by atoms with Crippen LogP contribution in [0.2, 0.25) is 0 Å². The number of hydrogen-bond acceptors (Lipinski definition) is 6. The Morgan fingerprint density at radius 1 is 1.17 bits per heavy atom. The van der Waals surface area contributed by atoms with Gasteiger partial charge in [-0.2, -0.15) is 0 Å². The smallest absolute Gasteiger partial charge is 0.203 e. The van der Waals surface area contributed by atoms with Gasteiger partial charge in [0.2, 0.25) is 5.75 Å². The maximum atomic E-state index is 10.5. The van der Waals surface area contributed by atoms with E-state index in [-0.39, 0.29) is 25.1 Å². The summed E-state index contributed by atoms with van der Waals surface area (Å²) in [6.07, 6.45) is -0.649. The predicted molar refractivity (Wildman–Crippen MR) is 118 cm³/mol. The highest BCUT2D eigenvalue weighted by molar-refractivity contribution is 9.10. The zero-order chi connectivity index (χ0) is 19.9. The molecule has 1 fully saturated rings. The molecule has 2 atom stereocenters. The van der Waals surface area contributed by atoms with Gasteiger partial charge < -0.3 is 24.1 Å². The molecule has 6 nitrogen and oxygen atoms in total. The topological polar surface area (TPSA) is 60.4 Å². The molecule has 1 aliphatic rings. The first-order chi connectivity index (χ1) is 13.6. The molecule has 8 heteroatoms. The van der Waals surface area contributed by atoms with Crippen molar-refractivity contribution in [3.05, 3.63) is 52.5 Å². The van der Waals surface area contributed by atoms with Crippen LogP contribution in [0.15, 0.2) is 46.9 Å². The van der Waals surface area contributed by atoms with Crippen LogP contribution >= 0.6 is 28.3 Å². The molecule has 1 saturated heterocycles. The van der Waals surface area contributed by atoms with Gasteiger partial charge in [0, 0.05) is 24.1 Å². The van der Waals surface area contributed by atoms with E-state index in [9.17, 15) is 5.11 Å². The van der Waals surface area contributed by atoms with E-state index in [1.165, 1.54) is 0 Å². The lowest BCUT2D eigenvalue weighted by atomic mass is 10.1. The monoisotopic (exact) mass is 487 g/mol. The van der Waals surface area contributed by atoms with Crippen molar-refractivity contribution in [1.29, 1.82) is 0 Å². The van der Waals surface area contributed by atoms with E-state index in [0.29, 0.717) is 30.4 Å². The Bertz CT molecular complexity index is 756.